The molecule has 7 nitrogen and oxygen atoms in total. The molecule has 1 aliphatic heterocycles. The highest BCUT2D eigenvalue weighted by molar-refractivity contribution is 6.11. The monoisotopic (exact) mass is 331 g/mol. The molecule has 0 aliphatic carbocycles. The first-order valence-corrected chi connectivity index (χ1v) is 7.75. The van der Waals surface area contributed by atoms with Gasteiger partial charge in [0.25, 0.3) is 5.91 Å². The van der Waals surface area contributed by atoms with Crippen LogP contribution in [0.1, 0.15) is 29.8 Å². The van der Waals surface area contributed by atoms with Crippen LogP contribution in [0.3, 0.4) is 0 Å². The Kier molecular flexibility index (Phi) is 5.33. The van der Waals surface area contributed by atoms with Gasteiger partial charge in [0, 0.05) is 18.7 Å². The van der Waals surface area contributed by atoms with Gasteiger partial charge < -0.3 is 10.2 Å². The molecule has 0 saturated carbocycles. The first kappa shape index (κ1) is 17.7. The van der Waals surface area contributed by atoms with Crippen LogP contribution in [0.15, 0.2) is 24.3 Å². The predicted molar refractivity (Wildman–Crippen MR) is 87.1 cm³/mol. The molecule has 0 fully saturated rings. The van der Waals surface area contributed by atoms with Gasteiger partial charge in [-0.2, -0.15) is 0 Å². The maximum absolute atomic E-state index is 12.4. The number of likely N-dealkylation sites (N-methyl/N-ethyl adjacent to an activating group) is 1. The van der Waals surface area contributed by atoms with Gasteiger partial charge in [-0.3, -0.25) is 24.1 Å². The number of hydrogen-bond acceptors (Lipinski definition) is 4. The van der Waals surface area contributed by atoms with Crippen molar-refractivity contribution < 1.29 is 19.2 Å². The van der Waals surface area contributed by atoms with Gasteiger partial charge in [0.15, 0.2) is 0 Å². The summed E-state index contributed by atoms with van der Waals surface area (Å²) < 4.78 is 0. The summed E-state index contributed by atoms with van der Waals surface area (Å²) in [7, 11) is 1.47. The number of nitrogens with one attached hydrogen (secondary N) is 1. The smallest absolute Gasteiger partial charge is 0.261 e. The van der Waals surface area contributed by atoms with Crippen LogP contribution in [0.5, 0.6) is 0 Å². The Morgan fingerprint density at radius 3 is 2.58 bits per heavy atom. The molecule has 0 atom stereocenters. The molecule has 0 radical (unpaired) electrons. The number of carbonyl (C=O) groups is 4. The summed E-state index contributed by atoms with van der Waals surface area (Å²) >= 11 is 0. The number of nitrogens with zero attached hydrogens (tertiary/aromatic N) is 2. The number of benzene rings is 1. The third-order valence-electron chi connectivity index (χ3n) is 3.69. The molecule has 0 aromatic heterocycles. The zero-order valence-electron chi connectivity index (χ0n) is 14.0. The largest absolute Gasteiger partial charge is 0.352 e. The lowest BCUT2D eigenvalue weighted by Gasteiger charge is -2.28. The highest BCUT2D eigenvalue weighted by Gasteiger charge is 2.32. The molecular formula is C17H21N3O4. The maximum atomic E-state index is 12.4. The second kappa shape index (κ2) is 7.25. The molecule has 0 spiro atoms. The van der Waals surface area contributed by atoms with Crippen LogP contribution in [-0.4, -0.2) is 59.6 Å². The van der Waals surface area contributed by atoms with Gasteiger partial charge in [-0.05, 0) is 25.5 Å². The molecule has 0 unspecified atom stereocenters. The Hall–Kier alpha value is -2.70. The van der Waals surface area contributed by atoms with Crippen molar-refractivity contribution in [2.24, 2.45) is 0 Å². The Labute approximate surface area is 140 Å². The van der Waals surface area contributed by atoms with Crippen LogP contribution in [0, 0.1) is 0 Å². The number of fused-ring (bicyclic) bond motifs is 1. The van der Waals surface area contributed by atoms with Crippen LogP contribution in [0.25, 0.3) is 0 Å². The molecule has 0 saturated heterocycles. The zero-order valence-corrected chi connectivity index (χ0v) is 14.0. The number of amides is 4. The van der Waals surface area contributed by atoms with E-state index in [1.807, 2.05) is 13.8 Å². The van der Waals surface area contributed by atoms with Crippen molar-refractivity contribution in [3.05, 3.63) is 35.4 Å². The predicted octanol–water partition coefficient (Wildman–Crippen LogP) is 0.195. The normalized spacial score (nSPS) is 13.8. The zero-order chi connectivity index (χ0) is 17.9. The van der Waals surface area contributed by atoms with Gasteiger partial charge in [-0.1, -0.05) is 18.2 Å². The molecule has 1 aliphatic rings. The fourth-order valence-corrected chi connectivity index (χ4v) is 2.49. The van der Waals surface area contributed by atoms with Crippen molar-refractivity contribution in [2.45, 2.75) is 26.3 Å². The average Bonchev–Trinajstić information content (AvgIpc) is 2.50. The molecule has 7 heteroatoms. The fourth-order valence-electron chi connectivity index (χ4n) is 2.49. The lowest BCUT2D eigenvalue weighted by molar-refractivity contribution is -0.139. The molecule has 1 aromatic carbocycles. The van der Waals surface area contributed by atoms with Crippen LogP contribution in [0.2, 0.25) is 0 Å². The summed E-state index contributed by atoms with van der Waals surface area (Å²) in [5.74, 6) is -1.64. The molecule has 1 heterocycles. The number of carbonyl (C=O) groups excluding carboxylic acids is 4. The maximum Gasteiger partial charge on any atom is 0.261 e. The van der Waals surface area contributed by atoms with E-state index in [1.165, 1.54) is 11.9 Å². The summed E-state index contributed by atoms with van der Waals surface area (Å²) in [6, 6.07) is 6.83. The third-order valence-corrected chi connectivity index (χ3v) is 3.69. The second-order valence-corrected chi connectivity index (χ2v) is 6.09. The molecule has 24 heavy (non-hydrogen) atoms. The van der Waals surface area contributed by atoms with Crippen molar-refractivity contribution in [3.63, 3.8) is 0 Å². The van der Waals surface area contributed by atoms with Crippen molar-refractivity contribution in [1.82, 2.24) is 15.1 Å². The van der Waals surface area contributed by atoms with Crippen molar-refractivity contribution >= 4 is 23.6 Å². The molecule has 2 rings (SSSR count). The van der Waals surface area contributed by atoms with E-state index in [4.69, 9.17) is 0 Å². The van der Waals surface area contributed by atoms with E-state index >= 15 is 0 Å². The molecule has 1 aromatic rings. The minimum atomic E-state index is -0.477. The highest BCUT2D eigenvalue weighted by Crippen LogP contribution is 2.19. The van der Waals surface area contributed by atoms with Gasteiger partial charge in [0.1, 0.15) is 6.54 Å². The van der Waals surface area contributed by atoms with E-state index in [9.17, 15) is 19.2 Å². The second-order valence-electron chi connectivity index (χ2n) is 6.09. The van der Waals surface area contributed by atoms with Crippen molar-refractivity contribution in [2.75, 3.05) is 20.1 Å². The van der Waals surface area contributed by atoms with Gasteiger partial charge in [-0.25, -0.2) is 0 Å². The standard InChI is InChI=1S/C17H21N3O4/c1-11(2)18-14(21)9-19(3)16(23)10-20-15(22)8-12-6-4-5-7-13(12)17(20)24/h4-7,11H,8-10H2,1-3H3,(H,18,21). The van der Waals surface area contributed by atoms with Crippen LogP contribution < -0.4 is 5.32 Å². The number of rotatable bonds is 5. The van der Waals surface area contributed by atoms with Gasteiger partial charge >= 0.3 is 0 Å². The average molecular weight is 331 g/mol. The quantitative estimate of drug-likeness (QED) is 0.781. The minimum Gasteiger partial charge on any atom is -0.352 e. The van der Waals surface area contributed by atoms with E-state index in [2.05, 4.69) is 5.32 Å². The van der Waals surface area contributed by atoms with Gasteiger partial charge in [-0.15, -0.1) is 0 Å². The molecule has 1 N–H and O–H groups in total. The first-order chi connectivity index (χ1) is 11.3. The van der Waals surface area contributed by atoms with Crippen LogP contribution >= 0.6 is 0 Å². The molecule has 128 valence electrons. The van der Waals surface area contributed by atoms with E-state index in [1.54, 1.807) is 24.3 Å². The summed E-state index contributed by atoms with van der Waals surface area (Å²) in [5, 5.41) is 2.68. The Balaban J connectivity index is 2.02. The molecule has 4 amide bonds. The third kappa shape index (κ3) is 3.98. The highest BCUT2D eigenvalue weighted by atomic mass is 16.2. The first-order valence-electron chi connectivity index (χ1n) is 7.75. The molecule has 0 bridgehead atoms. The topological polar surface area (TPSA) is 86.8 Å². The fraction of sp³-hybridized carbons (Fsp3) is 0.412. The van der Waals surface area contributed by atoms with E-state index in [-0.39, 0.29) is 31.5 Å². The lowest BCUT2D eigenvalue weighted by Crippen LogP contribution is -2.49. The van der Waals surface area contributed by atoms with Crippen LogP contribution in [0.4, 0.5) is 0 Å². The number of hydrogen-bond donors (Lipinski definition) is 1. The Bertz CT molecular complexity index is 684. The van der Waals surface area contributed by atoms with Crippen molar-refractivity contribution in [1.29, 1.82) is 0 Å². The van der Waals surface area contributed by atoms with Crippen molar-refractivity contribution in [3.8, 4) is 0 Å². The Morgan fingerprint density at radius 1 is 1.25 bits per heavy atom. The summed E-state index contributed by atoms with van der Waals surface area (Å²) in [5.41, 5.74) is 1.10. The summed E-state index contributed by atoms with van der Waals surface area (Å²) in [6.07, 6.45) is 0.0900. The summed E-state index contributed by atoms with van der Waals surface area (Å²) in [4.78, 5) is 50.6. The molecular weight excluding hydrogens is 310 g/mol. The summed E-state index contributed by atoms with van der Waals surface area (Å²) in [6.45, 7) is 3.16. The van der Waals surface area contributed by atoms with E-state index < -0.39 is 17.7 Å². The van der Waals surface area contributed by atoms with Gasteiger partial charge in [0.2, 0.25) is 17.7 Å². The van der Waals surface area contributed by atoms with Gasteiger partial charge in [0.05, 0.1) is 13.0 Å². The van der Waals surface area contributed by atoms with E-state index in [0.29, 0.717) is 11.1 Å². The lowest BCUT2D eigenvalue weighted by atomic mass is 9.98. The van der Waals surface area contributed by atoms with E-state index in [0.717, 1.165) is 4.90 Å². The Morgan fingerprint density at radius 2 is 1.92 bits per heavy atom. The SMILES string of the molecule is CC(C)NC(=O)CN(C)C(=O)CN1C(=O)Cc2ccccc2C1=O. The minimum absolute atomic E-state index is 0.0252. The number of imide groups is 1. The van der Waals surface area contributed by atoms with Crippen LogP contribution in [-0.2, 0) is 20.8 Å².